The van der Waals surface area contributed by atoms with Crippen LogP contribution < -0.4 is 16.0 Å². The Morgan fingerprint density at radius 2 is 2.29 bits per heavy atom. The summed E-state index contributed by atoms with van der Waals surface area (Å²) in [5, 5.41) is 0. The number of ether oxygens (including phenoxy) is 1. The van der Waals surface area contributed by atoms with Crippen LogP contribution in [0, 0.1) is 5.92 Å². The molecule has 1 fully saturated rings. The third kappa shape index (κ3) is 4.19. The van der Waals surface area contributed by atoms with Crippen molar-refractivity contribution in [1.82, 2.24) is 10.3 Å². The van der Waals surface area contributed by atoms with E-state index in [0.29, 0.717) is 24.0 Å². The van der Waals surface area contributed by atoms with Crippen LogP contribution in [0.3, 0.4) is 0 Å². The zero-order chi connectivity index (χ0) is 15.2. The first-order valence-electron chi connectivity index (χ1n) is 7.59. The largest absolute Gasteiger partial charge is 0.492 e. The standard InChI is InChI=1S/C16H25N3O2/c1-12-5-4-8-19(13(12)2)9-10-21-15-7-3-6-14(11-15)16(20)18-17/h3,6-7,11-13H,4-5,8-10,17H2,1-2H3,(H,18,20). The highest BCUT2D eigenvalue weighted by Crippen LogP contribution is 2.22. The normalized spacial score (nSPS) is 22.8. The minimum Gasteiger partial charge on any atom is -0.492 e. The molecule has 116 valence electrons. The number of piperidine rings is 1. The fourth-order valence-corrected chi connectivity index (χ4v) is 2.83. The summed E-state index contributed by atoms with van der Waals surface area (Å²) in [7, 11) is 0. The van der Waals surface area contributed by atoms with Crippen LogP contribution in [0.15, 0.2) is 24.3 Å². The molecule has 2 rings (SSSR count). The van der Waals surface area contributed by atoms with Crippen LogP contribution in [0.4, 0.5) is 0 Å². The van der Waals surface area contributed by atoms with Gasteiger partial charge in [0, 0.05) is 18.2 Å². The van der Waals surface area contributed by atoms with E-state index in [1.54, 1.807) is 18.2 Å². The van der Waals surface area contributed by atoms with Crippen LogP contribution in [-0.4, -0.2) is 36.5 Å². The molecule has 0 aliphatic carbocycles. The third-order valence-corrected chi connectivity index (χ3v) is 4.38. The number of benzene rings is 1. The number of nitrogen functional groups attached to an aromatic ring is 1. The van der Waals surface area contributed by atoms with Gasteiger partial charge in [0.15, 0.2) is 0 Å². The van der Waals surface area contributed by atoms with Crippen LogP contribution in [-0.2, 0) is 0 Å². The molecule has 0 spiro atoms. The van der Waals surface area contributed by atoms with Crippen molar-refractivity contribution < 1.29 is 9.53 Å². The summed E-state index contributed by atoms with van der Waals surface area (Å²) in [6.07, 6.45) is 2.58. The lowest BCUT2D eigenvalue weighted by Crippen LogP contribution is -2.44. The lowest BCUT2D eigenvalue weighted by Gasteiger charge is -2.37. The van der Waals surface area contributed by atoms with Crippen LogP contribution in [0.2, 0.25) is 0 Å². The number of nitrogens with one attached hydrogen (secondary N) is 1. The molecule has 0 radical (unpaired) electrons. The third-order valence-electron chi connectivity index (χ3n) is 4.38. The topological polar surface area (TPSA) is 67.6 Å². The van der Waals surface area contributed by atoms with E-state index in [2.05, 4.69) is 24.2 Å². The Morgan fingerprint density at radius 1 is 1.48 bits per heavy atom. The lowest BCUT2D eigenvalue weighted by molar-refractivity contribution is 0.0944. The van der Waals surface area contributed by atoms with Gasteiger partial charge >= 0.3 is 0 Å². The van der Waals surface area contributed by atoms with E-state index in [1.807, 2.05) is 6.07 Å². The molecular formula is C16H25N3O2. The molecule has 0 aromatic heterocycles. The summed E-state index contributed by atoms with van der Waals surface area (Å²) in [6, 6.07) is 7.69. The molecule has 1 aromatic rings. The van der Waals surface area contributed by atoms with Gasteiger partial charge in [0.25, 0.3) is 5.91 Å². The summed E-state index contributed by atoms with van der Waals surface area (Å²) < 4.78 is 5.77. The second kappa shape index (κ2) is 7.43. The summed E-state index contributed by atoms with van der Waals surface area (Å²) in [5.41, 5.74) is 2.63. The maximum atomic E-state index is 11.5. The van der Waals surface area contributed by atoms with E-state index in [0.717, 1.165) is 19.0 Å². The van der Waals surface area contributed by atoms with Crippen molar-refractivity contribution in [2.75, 3.05) is 19.7 Å². The van der Waals surface area contributed by atoms with Crippen molar-refractivity contribution in [2.24, 2.45) is 11.8 Å². The average Bonchev–Trinajstić information content (AvgIpc) is 2.51. The fourth-order valence-electron chi connectivity index (χ4n) is 2.83. The number of hydrogen-bond acceptors (Lipinski definition) is 4. The summed E-state index contributed by atoms with van der Waals surface area (Å²) in [4.78, 5) is 13.9. The molecule has 21 heavy (non-hydrogen) atoms. The molecule has 1 aliphatic heterocycles. The second-order valence-electron chi connectivity index (χ2n) is 5.75. The van der Waals surface area contributed by atoms with E-state index >= 15 is 0 Å². The molecule has 1 heterocycles. The molecule has 3 N–H and O–H groups in total. The van der Waals surface area contributed by atoms with Crippen LogP contribution in [0.25, 0.3) is 0 Å². The number of likely N-dealkylation sites (tertiary alicyclic amines) is 1. The van der Waals surface area contributed by atoms with Crippen LogP contribution in [0.1, 0.15) is 37.0 Å². The first-order valence-corrected chi connectivity index (χ1v) is 7.59. The van der Waals surface area contributed by atoms with Gasteiger partial charge < -0.3 is 4.74 Å². The highest BCUT2D eigenvalue weighted by molar-refractivity contribution is 5.94. The number of carbonyl (C=O) groups is 1. The quantitative estimate of drug-likeness (QED) is 0.493. The Bertz CT molecular complexity index is 478. The van der Waals surface area contributed by atoms with Crippen molar-refractivity contribution >= 4 is 5.91 Å². The Morgan fingerprint density at radius 3 is 3.05 bits per heavy atom. The highest BCUT2D eigenvalue weighted by Gasteiger charge is 2.24. The van der Waals surface area contributed by atoms with Gasteiger partial charge in [-0.1, -0.05) is 13.0 Å². The van der Waals surface area contributed by atoms with E-state index in [4.69, 9.17) is 10.6 Å². The molecule has 5 nitrogen and oxygen atoms in total. The van der Waals surface area contributed by atoms with Crippen molar-refractivity contribution in [3.8, 4) is 5.75 Å². The molecular weight excluding hydrogens is 266 g/mol. The minimum atomic E-state index is -0.307. The predicted octanol–water partition coefficient (Wildman–Crippen LogP) is 1.79. The average molecular weight is 291 g/mol. The maximum absolute atomic E-state index is 11.5. The maximum Gasteiger partial charge on any atom is 0.265 e. The molecule has 0 bridgehead atoms. The minimum absolute atomic E-state index is 0.307. The number of hydrazine groups is 1. The van der Waals surface area contributed by atoms with Gasteiger partial charge in [0.1, 0.15) is 12.4 Å². The van der Waals surface area contributed by atoms with Gasteiger partial charge in [-0.25, -0.2) is 5.84 Å². The van der Waals surface area contributed by atoms with Gasteiger partial charge in [-0.15, -0.1) is 0 Å². The van der Waals surface area contributed by atoms with Crippen molar-refractivity contribution in [2.45, 2.75) is 32.7 Å². The number of nitrogens with two attached hydrogens (primary N) is 1. The first-order chi connectivity index (χ1) is 10.1. The molecule has 5 heteroatoms. The molecule has 1 aromatic carbocycles. The van der Waals surface area contributed by atoms with Crippen LogP contribution in [0.5, 0.6) is 5.75 Å². The molecule has 0 saturated carbocycles. The van der Waals surface area contributed by atoms with E-state index in [1.165, 1.54) is 12.8 Å². The highest BCUT2D eigenvalue weighted by atomic mass is 16.5. The second-order valence-corrected chi connectivity index (χ2v) is 5.75. The monoisotopic (exact) mass is 291 g/mol. The number of hydrogen-bond donors (Lipinski definition) is 2. The SMILES string of the molecule is CC1CCCN(CCOc2cccc(C(=O)NN)c2)C1C. The summed E-state index contributed by atoms with van der Waals surface area (Å²) in [6.45, 7) is 7.29. The van der Waals surface area contributed by atoms with Crippen molar-refractivity contribution in [3.05, 3.63) is 29.8 Å². The van der Waals surface area contributed by atoms with Gasteiger partial charge in [-0.05, 0) is 50.4 Å². The van der Waals surface area contributed by atoms with Crippen molar-refractivity contribution in [1.29, 1.82) is 0 Å². The predicted molar refractivity (Wildman–Crippen MR) is 83.0 cm³/mol. The lowest BCUT2D eigenvalue weighted by atomic mass is 9.92. The first kappa shape index (κ1) is 15.8. The smallest absolute Gasteiger partial charge is 0.265 e. The molecule has 2 atom stereocenters. The van der Waals surface area contributed by atoms with Crippen molar-refractivity contribution in [3.63, 3.8) is 0 Å². The van der Waals surface area contributed by atoms with E-state index < -0.39 is 0 Å². The number of amides is 1. The van der Waals surface area contributed by atoms with Gasteiger partial charge in [-0.2, -0.15) is 0 Å². The van der Waals surface area contributed by atoms with Gasteiger partial charge in [-0.3, -0.25) is 15.1 Å². The Balaban J connectivity index is 1.84. The number of carbonyl (C=O) groups excluding carboxylic acids is 1. The van der Waals surface area contributed by atoms with Gasteiger partial charge in [0.05, 0.1) is 0 Å². The van der Waals surface area contributed by atoms with E-state index in [-0.39, 0.29) is 5.91 Å². The molecule has 1 saturated heterocycles. The van der Waals surface area contributed by atoms with E-state index in [9.17, 15) is 4.79 Å². The zero-order valence-corrected chi connectivity index (χ0v) is 12.8. The Hall–Kier alpha value is -1.59. The van der Waals surface area contributed by atoms with Gasteiger partial charge in [0.2, 0.25) is 0 Å². The Labute approximate surface area is 126 Å². The fraction of sp³-hybridized carbons (Fsp3) is 0.562. The molecule has 1 amide bonds. The number of nitrogens with zero attached hydrogens (tertiary/aromatic N) is 1. The van der Waals surface area contributed by atoms with Crippen LogP contribution >= 0.6 is 0 Å². The summed E-state index contributed by atoms with van der Waals surface area (Å²) in [5.74, 6) is 6.27. The Kier molecular flexibility index (Phi) is 5.59. The molecule has 1 aliphatic rings. The zero-order valence-electron chi connectivity index (χ0n) is 12.8. The number of rotatable bonds is 5. The molecule has 2 unspecified atom stereocenters. The summed E-state index contributed by atoms with van der Waals surface area (Å²) >= 11 is 0.